The summed E-state index contributed by atoms with van der Waals surface area (Å²) in [6.45, 7) is 3.85. The Kier molecular flexibility index (Phi) is 5.89. The Morgan fingerprint density at radius 3 is 2.45 bits per heavy atom. The highest BCUT2D eigenvalue weighted by atomic mass is 16.1. The number of carbonyl (C=O) groups is 1. The van der Waals surface area contributed by atoms with Gasteiger partial charge in [-0.3, -0.25) is 15.1 Å². The van der Waals surface area contributed by atoms with E-state index in [4.69, 9.17) is 0 Å². The van der Waals surface area contributed by atoms with E-state index >= 15 is 0 Å². The van der Waals surface area contributed by atoms with Gasteiger partial charge in [-0.05, 0) is 43.7 Å². The SMILES string of the molecule is Cc1nc(NC(C)c2ccccc2)ccc1C(=O)Nc1ncnc(-c2ccccn2)n1. The highest BCUT2D eigenvalue weighted by Gasteiger charge is 2.14. The second-order valence-corrected chi connectivity index (χ2v) is 6.91. The summed E-state index contributed by atoms with van der Waals surface area (Å²) in [4.78, 5) is 33.9. The molecular weight excluding hydrogens is 390 g/mol. The van der Waals surface area contributed by atoms with E-state index in [1.165, 1.54) is 6.33 Å². The fraction of sp³-hybridized carbons (Fsp3) is 0.130. The smallest absolute Gasteiger partial charge is 0.259 e. The van der Waals surface area contributed by atoms with Crippen LogP contribution in [-0.2, 0) is 0 Å². The maximum atomic E-state index is 12.8. The van der Waals surface area contributed by atoms with E-state index in [9.17, 15) is 4.79 Å². The number of aromatic nitrogens is 5. The van der Waals surface area contributed by atoms with Crippen LogP contribution < -0.4 is 10.6 Å². The van der Waals surface area contributed by atoms with Gasteiger partial charge in [0.1, 0.15) is 17.8 Å². The summed E-state index contributed by atoms with van der Waals surface area (Å²) in [5.74, 6) is 0.893. The molecule has 1 aromatic carbocycles. The zero-order chi connectivity index (χ0) is 21.6. The van der Waals surface area contributed by atoms with Crippen LogP contribution in [0.15, 0.2) is 73.2 Å². The minimum absolute atomic E-state index is 0.0861. The fourth-order valence-electron chi connectivity index (χ4n) is 3.07. The summed E-state index contributed by atoms with van der Waals surface area (Å²) >= 11 is 0. The summed E-state index contributed by atoms with van der Waals surface area (Å²) in [6.07, 6.45) is 3.00. The Hall–Kier alpha value is -4.20. The van der Waals surface area contributed by atoms with Crippen LogP contribution >= 0.6 is 0 Å². The van der Waals surface area contributed by atoms with E-state index in [0.717, 1.165) is 5.56 Å². The third-order valence-corrected chi connectivity index (χ3v) is 4.69. The zero-order valence-electron chi connectivity index (χ0n) is 17.1. The Morgan fingerprint density at radius 2 is 1.71 bits per heavy atom. The van der Waals surface area contributed by atoms with E-state index in [-0.39, 0.29) is 17.9 Å². The van der Waals surface area contributed by atoms with Gasteiger partial charge in [-0.15, -0.1) is 0 Å². The number of pyridine rings is 2. The van der Waals surface area contributed by atoms with Crippen molar-refractivity contribution in [3.63, 3.8) is 0 Å². The molecule has 4 rings (SSSR count). The summed E-state index contributed by atoms with van der Waals surface area (Å²) < 4.78 is 0. The largest absolute Gasteiger partial charge is 0.364 e. The molecule has 3 heterocycles. The molecule has 0 aliphatic heterocycles. The quantitative estimate of drug-likeness (QED) is 0.493. The van der Waals surface area contributed by atoms with Crippen LogP contribution in [0, 0.1) is 6.92 Å². The van der Waals surface area contributed by atoms with Gasteiger partial charge in [-0.1, -0.05) is 36.4 Å². The second-order valence-electron chi connectivity index (χ2n) is 6.91. The van der Waals surface area contributed by atoms with Crippen molar-refractivity contribution in [1.82, 2.24) is 24.9 Å². The molecule has 8 nitrogen and oxygen atoms in total. The summed E-state index contributed by atoms with van der Waals surface area (Å²) in [6, 6.07) is 19.1. The Morgan fingerprint density at radius 1 is 0.903 bits per heavy atom. The monoisotopic (exact) mass is 411 g/mol. The maximum Gasteiger partial charge on any atom is 0.259 e. The molecule has 0 aliphatic rings. The normalized spacial score (nSPS) is 11.5. The third-order valence-electron chi connectivity index (χ3n) is 4.69. The van der Waals surface area contributed by atoms with Crippen molar-refractivity contribution in [1.29, 1.82) is 0 Å². The number of hydrogen-bond acceptors (Lipinski definition) is 7. The van der Waals surface area contributed by atoms with Crippen molar-refractivity contribution in [3.8, 4) is 11.5 Å². The third kappa shape index (κ3) is 4.87. The maximum absolute atomic E-state index is 12.8. The number of rotatable bonds is 6. The Labute approximate surface area is 179 Å². The Balaban J connectivity index is 1.47. The number of benzene rings is 1. The molecule has 0 fully saturated rings. The summed E-state index contributed by atoms with van der Waals surface area (Å²) in [5.41, 5.74) is 2.79. The molecule has 0 aliphatic carbocycles. The molecular formula is C23H21N7O. The number of nitrogens with zero attached hydrogens (tertiary/aromatic N) is 5. The van der Waals surface area contributed by atoms with Gasteiger partial charge in [0.05, 0.1) is 11.3 Å². The first-order valence-corrected chi connectivity index (χ1v) is 9.81. The topological polar surface area (TPSA) is 106 Å². The van der Waals surface area contributed by atoms with E-state index in [2.05, 4.69) is 54.6 Å². The van der Waals surface area contributed by atoms with E-state index in [1.807, 2.05) is 30.3 Å². The predicted octanol–water partition coefficient (Wildman–Crippen LogP) is 4.06. The molecule has 0 saturated carbocycles. The number of carbonyl (C=O) groups excluding carboxylic acids is 1. The van der Waals surface area contributed by atoms with Gasteiger partial charge in [0, 0.05) is 12.2 Å². The molecule has 4 aromatic rings. The van der Waals surface area contributed by atoms with Crippen LogP contribution in [0.25, 0.3) is 11.5 Å². The number of nitrogens with one attached hydrogen (secondary N) is 2. The molecule has 1 amide bonds. The minimum atomic E-state index is -0.342. The number of amides is 1. The minimum Gasteiger partial charge on any atom is -0.364 e. The molecule has 0 saturated heterocycles. The number of hydrogen-bond donors (Lipinski definition) is 2. The molecule has 8 heteroatoms. The van der Waals surface area contributed by atoms with Gasteiger partial charge in [0.15, 0.2) is 5.82 Å². The van der Waals surface area contributed by atoms with Crippen LogP contribution in [0.3, 0.4) is 0 Å². The lowest BCUT2D eigenvalue weighted by atomic mass is 10.1. The van der Waals surface area contributed by atoms with Crippen molar-refractivity contribution in [2.75, 3.05) is 10.6 Å². The van der Waals surface area contributed by atoms with Gasteiger partial charge in [-0.25, -0.2) is 15.0 Å². The van der Waals surface area contributed by atoms with Crippen molar-refractivity contribution in [2.45, 2.75) is 19.9 Å². The van der Waals surface area contributed by atoms with Gasteiger partial charge < -0.3 is 5.32 Å². The van der Waals surface area contributed by atoms with Gasteiger partial charge >= 0.3 is 0 Å². The second kappa shape index (κ2) is 9.08. The lowest BCUT2D eigenvalue weighted by Crippen LogP contribution is -2.17. The highest BCUT2D eigenvalue weighted by molar-refractivity contribution is 6.04. The standard InChI is InChI=1S/C23H21N7O/c1-15(17-8-4-3-5-9-17)27-20-12-11-18(16(2)28-20)22(31)30-23-26-14-25-21(29-23)19-10-6-7-13-24-19/h3-15H,1-2H3,(H,27,28)(H,25,26,29,30,31). The average Bonchev–Trinajstić information content (AvgIpc) is 2.80. The fourth-order valence-corrected chi connectivity index (χ4v) is 3.07. The van der Waals surface area contributed by atoms with E-state index in [1.54, 1.807) is 31.3 Å². The first-order valence-electron chi connectivity index (χ1n) is 9.81. The lowest BCUT2D eigenvalue weighted by molar-refractivity contribution is 0.102. The van der Waals surface area contributed by atoms with Crippen molar-refractivity contribution < 1.29 is 4.79 Å². The van der Waals surface area contributed by atoms with Crippen molar-refractivity contribution >= 4 is 17.7 Å². The first kappa shape index (κ1) is 20.1. The average molecular weight is 411 g/mol. The Bertz CT molecular complexity index is 1180. The molecule has 0 bridgehead atoms. The zero-order valence-corrected chi connectivity index (χ0v) is 17.1. The van der Waals surface area contributed by atoms with Gasteiger partial charge in [0.2, 0.25) is 5.95 Å². The van der Waals surface area contributed by atoms with Gasteiger partial charge in [-0.2, -0.15) is 4.98 Å². The van der Waals surface area contributed by atoms with Crippen LogP contribution in [0.4, 0.5) is 11.8 Å². The molecule has 31 heavy (non-hydrogen) atoms. The summed E-state index contributed by atoms with van der Waals surface area (Å²) in [7, 11) is 0. The van der Waals surface area contributed by atoms with Crippen molar-refractivity contribution in [2.24, 2.45) is 0 Å². The van der Waals surface area contributed by atoms with E-state index < -0.39 is 0 Å². The molecule has 1 atom stereocenters. The molecule has 0 spiro atoms. The lowest BCUT2D eigenvalue weighted by Gasteiger charge is -2.16. The summed E-state index contributed by atoms with van der Waals surface area (Å²) in [5, 5.41) is 6.06. The molecule has 0 radical (unpaired) electrons. The molecule has 2 N–H and O–H groups in total. The molecule has 154 valence electrons. The molecule has 3 aromatic heterocycles. The van der Waals surface area contributed by atoms with Gasteiger partial charge in [0.25, 0.3) is 5.91 Å². The number of anilines is 2. The number of aryl methyl sites for hydroxylation is 1. The van der Waals surface area contributed by atoms with Crippen LogP contribution in [0.5, 0.6) is 0 Å². The molecule has 1 unspecified atom stereocenters. The van der Waals surface area contributed by atoms with Crippen LogP contribution in [0.1, 0.15) is 34.6 Å². The van der Waals surface area contributed by atoms with E-state index in [0.29, 0.717) is 28.6 Å². The predicted molar refractivity (Wildman–Crippen MR) is 118 cm³/mol. The van der Waals surface area contributed by atoms with Crippen LogP contribution in [0.2, 0.25) is 0 Å². The van der Waals surface area contributed by atoms with Crippen molar-refractivity contribution in [3.05, 3.63) is 90.0 Å². The first-order chi connectivity index (χ1) is 15.1. The highest BCUT2D eigenvalue weighted by Crippen LogP contribution is 2.19. The van der Waals surface area contributed by atoms with Crippen LogP contribution in [-0.4, -0.2) is 30.8 Å².